The fourth-order valence-electron chi connectivity index (χ4n) is 0.707. The SMILES string of the molecule is Cn1cc(C(F)(F)C(=O)O)cn1. The second-order valence-electron chi connectivity index (χ2n) is 2.28. The first-order valence-corrected chi connectivity index (χ1v) is 3.05. The van der Waals surface area contributed by atoms with Crippen LogP contribution in [0, 0.1) is 0 Å². The van der Waals surface area contributed by atoms with E-state index in [1.807, 2.05) is 0 Å². The van der Waals surface area contributed by atoms with Crippen molar-refractivity contribution >= 4 is 5.97 Å². The van der Waals surface area contributed by atoms with E-state index in [4.69, 9.17) is 5.11 Å². The number of carboxylic acids is 1. The monoisotopic (exact) mass is 176 g/mol. The molecule has 1 N–H and O–H groups in total. The van der Waals surface area contributed by atoms with E-state index in [9.17, 15) is 13.6 Å². The molecular formula is C6H6F2N2O2. The standard InChI is InChI=1S/C6H6F2N2O2/c1-10-3-4(2-9-10)6(7,8)5(11)12/h2-3H,1H3,(H,11,12). The normalized spacial score (nSPS) is 11.6. The first kappa shape index (κ1) is 8.63. The summed E-state index contributed by atoms with van der Waals surface area (Å²) in [5.74, 6) is -6.02. The maximum absolute atomic E-state index is 12.6. The summed E-state index contributed by atoms with van der Waals surface area (Å²) in [6.45, 7) is 0. The van der Waals surface area contributed by atoms with Crippen molar-refractivity contribution in [1.29, 1.82) is 0 Å². The molecule has 0 radical (unpaired) electrons. The number of nitrogens with zero attached hydrogens (tertiary/aromatic N) is 2. The van der Waals surface area contributed by atoms with Gasteiger partial charge in [0.15, 0.2) is 0 Å². The molecule has 66 valence electrons. The van der Waals surface area contributed by atoms with Gasteiger partial charge >= 0.3 is 11.9 Å². The van der Waals surface area contributed by atoms with E-state index in [1.165, 1.54) is 7.05 Å². The third-order valence-corrected chi connectivity index (χ3v) is 1.34. The summed E-state index contributed by atoms with van der Waals surface area (Å²) in [6.07, 6.45) is 1.79. The Morgan fingerprint density at radius 1 is 1.75 bits per heavy atom. The molecule has 0 aliphatic heterocycles. The molecule has 1 aromatic heterocycles. The van der Waals surface area contributed by atoms with Gasteiger partial charge in [0.05, 0.1) is 11.8 Å². The molecule has 0 fully saturated rings. The van der Waals surface area contributed by atoms with E-state index in [0.29, 0.717) is 0 Å². The molecule has 0 amide bonds. The molecule has 0 bridgehead atoms. The zero-order valence-corrected chi connectivity index (χ0v) is 6.16. The minimum Gasteiger partial charge on any atom is -0.477 e. The predicted octanol–water partition coefficient (Wildman–Crippen LogP) is 0.597. The highest BCUT2D eigenvalue weighted by molar-refractivity contribution is 5.76. The Morgan fingerprint density at radius 3 is 2.67 bits per heavy atom. The Kier molecular flexibility index (Phi) is 1.83. The lowest BCUT2D eigenvalue weighted by Gasteiger charge is -2.06. The Balaban J connectivity index is 3.05. The Labute approximate surface area is 66.4 Å². The van der Waals surface area contributed by atoms with Crippen molar-refractivity contribution in [3.63, 3.8) is 0 Å². The maximum Gasteiger partial charge on any atom is 0.379 e. The molecule has 0 aliphatic carbocycles. The third kappa shape index (κ3) is 1.27. The summed E-state index contributed by atoms with van der Waals surface area (Å²) >= 11 is 0. The van der Waals surface area contributed by atoms with Crippen LogP contribution in [0.1, 0.15) is 5.56 Å². The summed E-state index contributed by atoms with van der Waals surface area (Å²) in [6, 6.07) is 0. The molecule has 12 heavy (non-hydrogen) atoms. The number of rotatable bonds is 2. The molecule has 0 spiro atoms. The van der Waals surface area contributed by atoms with Crippen LogP contribution in [-0.2, 0) is 17.8 Å². The fourth-order valence-corrected chi connectivity index (χ4v) is 0.707. The lowest BCUT2D eigenvalue weighted by molar-refractivity contribution is -0.166. The number of hydrogen-bond acceptors (Lipinski definition) is 2. The Hall–Kier alpha value is -1.46. The maximum atomic E-state index is 12.6. The van der Waals surface area contributed by atoms with Gasteiger partial charge in [0.1, 0.15) is 0 Å². The van der Waals surface area contributed by atoms with Gasteiger partial charge in [-0.15, -0.1) is 0 Å². The minimum absolute atomic E-state index is 0.613. The molecule has 6 heteroatoms. The molecule has 0 aromatic carbocycles. The van der Waals surface area contributed by atoms with Crippen LogP contribution in [0.5, 0.6) is 0 Å². The van der Waals surface area contributed by atoms with Gasteiger partial charge in [0.2, 0.25) is 0 Å². The topological polar surface area (TPSA) is 55.1 Å². The summed E-state index contributed by atoms with van der Waals surface area (Å²) in [5, 5.41) is 11.6. The number of aromatic nitrogens is 2. The van der Waals surface area contributed by atoms with Gasteiger partial charge < -0.3 is 5.11 Å². The van der Waals surface area contributed by atoms with Crippen LogP contribution in [0.25, 0.3) is 0 Å². The van der Waals surface area contributed by atoms with Crippen LogP contribution >= 0.6 is 0 Å². The summed E-state index contributed by atoms with van der Waals surface area (Å²) in [4.78, 5) is 10.0. The summed E-state index contributed by atoms with van der Waals surface area (Å²) < 4.78 is 26.4. The molecule has 0 unspecified atom stereocenters. The highest BCUT2D eigenvalue weighted by Crippen LogP contribution is 2.27. The van der Waals surface area contributed by atoms with Gasteiger partial charge in [-0.3, -0.25) is 4.68 Å². The molecule has 1 aromatic rings. The van der Waals surface area contributed by atoms with Gasteiger partial charge in [-0.1, -0.05) is 0 Å². The van der Waals surface area contributed by atoms with Crippen molar-refractivity contribution < 1.29 is 18.7 Å². The molecule has 0 atom stereocenters. The fraction of sp³-hybridized carbons (Fsp3) is 0.333. The molecule has 0 aliphatic rings. The quantitative estimate of drug-likeness (QED) is 0.717. The predicted molar refractivity (Wildman–Crippen MR) is 34.7 cm³/mol. The van der Waals surface area contributed by atoms with Crippen LogP contribution in [0.2, 0.25) is 0 Å². The van der Waals surface area contributed by atoms with Crippen molar-refractivity contribution in [3.05, 3.63) is 18.0 Å². The van der Waals surface area contributed by atoms with Gasteiger partial charge in [-0.2, -0.15) is 13.9 Å². The third-order valence-electron chi connectivity index (χ3n) is 1.34. The number of carboxylic acid groups (broad SMARTS) is 1. The van der Waals surface area contributed by atoms with E-state index in [1.54, 1.807) is 0 Å². The van der Waals surface area contributed by atoms with E-state index in [2.05, 4.69) is 5.10 Å². The zero-order valence-electron chi connectivity index (χ0n) is 6.16. The highest BCUT2D eigenvalue weighted by atomic mass is 19.3. The Bertz CT molecular complexity index is 308. The lowest BCUT2D eigenvalue weighted by Crippen LogP contribution is -2.24. The van der Waals surface area contributed by atoms with Crippen molar-refractivity contribution in [2.45, 2.75) is 5.92 Å². The van der Waals surface area contributed by atoms with Crippen LogP contribution in [-0.4, -0.2) is 20.9 Å². The Morgan fingerprint density at radius 2 is 2.33 bits per heavy atom. The smallest absolute Gasteiger partial charge is 0.379 e. The van der Waals surface area contributed by atoms with Crippen LogP contribution < -0.4 is 0 Å². The lowest BCUT2D eigenvalue weighted by atomic mass is 10.2. The van der Waals surface area contributed by atoms with Crippen LogP contribution in [0.3, 0.4) is 0 Å². The molecule has 0 saturated carbocycles. The van der Waals surface area contributed by atoms with Gasteiger partial charge in [0.25, 0.3) is 0 Å². The van der Waals surface area contributed by atoms with Gasteiger partial charge in [-0.25, -0.2) is 4.79 Å². The van der Waals surface area contributed by atoms with Crippen LogP contribution in [0.15, 0.2) is 12.4 Å². The molecular weight excluding hydrogens is 170 g/mol. The first-order valence-electron chi connectivity index (χ1n) is 3.05. The highest BCUT2D eigenvalue weighted by Gasteiger charge is 2.42. The number of hydrogen-bond donors (Lipinski definition) is 1. The van der Waals surface area contributed by atoms with Crippen LogP contribution in [0.4, 0.5) is 8.78 Å². The number of aryl methyl sites for hydroxylation is 1. The molecule has 0 saturated heterocycles. The number of carbonyl (C=O) groups is 1. The minimum atomic E-state index is -3.85. The van der Waals surface area contributed by atoms with E-state index in [0.717, 1.165) is 17.1 Å². The van der Waals surface area contributed by atoms with Crippen molar-refractivity contribution in [1.82, 2.24) is 9.78 Å². The number of alkyl halides is 2. The van der Waals surface area contributed by atoms with E-state index < -0.39 is 17.5 Å². The molecule has 1 rings (SSSR count). The summed E-state index contributed by atoms with van der Waals surface area (Å²) in [5.41, 5.74) is -0.613. The average molecular weight is 176 g/mol. The van der Waals surface area contributed by atoms with E-state index in [-0.39, 0.29) is 0 Å². The van der Waals surface area contributed by atoms with Gasteiger partial charge in [0, 0.05) is 13.2 Å². The van der Waals surface area contributed by atoms with Crippen molar-refractivity contribution in [2.75, 3.05) is 0 Å². The molecule has 1 heterocycles. The van der Waals surface area contributed by atoms with Gasteiger partial charge in [-0.05, 0) is 0 Å². The second-order valence-corrected chi connectivity index (χ2v) is 2.28. The molecule has 4 nitrogen and oxygen atoms in total. The zero-order chi connectivity index (χ0) is 9.35. The number of aliphatic carboxylic acids is 1. The average Bonchev–Trinajstić information content (AvgIpc) is 2.35. The van der Waals surface area contributed by atoms with E-state index >= 15 is 0 Å². The second kappa shape index (κ2) is 2.54. The van der Waals surface area contributed by atoms with Crippen molar-refractivity contribution in [3.8, 4) is 0 Å². The van der Waals surface area contributed by atoms with Crippen molar-refractivity contribution in [2.24, 2.45) is 7.05 Å². The largest absolute Gasteiger partial charge is 0.477 e. The first-order chi connectivity index (χ1) is 5.44. The number of halogens is 2. The summed E-state index contributed by atoms with van der Waals surface area (Å²) in [7, 11) is 1.43.